The van der Waals surface area contributed by atoms with Crippen molar-refractivity contribution < 1.29 is 0 Å². The molecule has 0 aromatic heterocycles. The average Bonchev–Trinajstić information content (AvgIpc) is 2.15. The minimum atomic E-state index is 0.574. The van der Waals surface area contributed by atoms with Crippen molar-refractivity contribution in [2.24, 2.45) is 0 Å². The Morgan fingerprint density at radius 1 is 1.38 bits per heavy atom. The quantitative estimate of drug-likeness (QED) is 0.703. The van der Waals surface area contributed by atoms with Crippen LogP contribution in [-0.2, 0) is 0 Å². The van der Waals surface area contributed by atoms with Gasteiger partial charge in [0, 0.05) is 19.3 Å². The fourth-order valence-electron chi connectivity index (χ4n) is 1.33. The largest absolute Gasteiger partial charge is 0.373 e. The van der Waals surface area contributed by atoms with Gasteiger partial charge in [-0.05, 0) is 18.6 Å². The molecule has 0 amide bonds. The zero-order valence-electron chi connectivity index (χ0n) is 8.12. The molecule has 0 aliphatic heterocycles. The highest BCUT2D eigenvalue weighted by atomic mass is 15.1. The van der Waals surface area contributed by atoms with Gasteiger partial charge in [0.05, 0.1) is 12.5 Å². The lowest BCUT2D eigenvalue weighted by molar-refractivity contribution is 0.901. The van der Waals surface area contributed by atoms with E-state index in [1.54, 1.807) is 0 Å². The monoisotopic (exact) mass is 174 g/mol. The second-order valence-corrected chi connectivity index (χ2v) is 3.12. The molecule has 0 N–H and O–H groups in total. The van der Waals surface area contributed by atoms with Gasteiger partial charge in [-0.1, -0.05) is 18.2 Å². The summed E-state index contributed by atoms with van der Waals surface area (Å²) < 4.78 is 0. The number of aryl methyl sites for hydroxylation is 1. The van der Waals surface area contributed by atoms with Crippen LogP contribution in [0.4, 0.5) is 5.69 Å². The molecule has 0 heterocycles. The van der Waals surface area contributed by atoms with Crippen LogP contribution in [0.2, 0.25) is 0 Å². The molecule has 68 valence electrons. The predicted octanol–water partition coefficient (Wildman–Crippen LogP) is 2.34. The molecule has 0 spiro atoms. The smallest absolute Gasteiger partial charge is 0.0640 e. The Labute approximate surface area is 79.4 Å². The Kier molecular flexibility index (Phi) is 3.33. The summed E-state index contributed by atoms with van der Waals surface area (Å²) >= 11 is 0. The van der Waals surface area contributed by atoms with Crippen molar-refractivity contribution in [1.82, 2.24) is 0 Å². The second kappa shape index (κ2) is 4.51. The standard InChI is InChI=1S/C11H14N2/c1-10-6-3-4-7-11(10)13(2)9-5-8-12/h3-4,6-7H,5,9H2,1-2H3. The molecule has 0 fully saturated rings. The average molecular weight is 174 g/mol. The summed E-state index contributed by atoms with van der Waals surface area (Å²) in [6.45, 7) is 2.87. The molecular weight excluding hydrogens is 160 g/mol. The Morgan fingerprint density at radius 2 is 2.08 bits per heavy atom. The van der Waals surface area contributed by atoms with E-state index >= 15 is 0 Å². The number of hydrogen-bond donors (Lipinski definition) is 0. The van der Waals surface area contributed by atoms with Gasteiger partial charge in [-0.15, -0.1) is 0 Å². The first kappa shape index (κ1) is 9.60. The maximum atomic E-state index is 8.45. The van der Waals surface area contributed by atoms with Gasteiger partial charge >= 0.3 is 0 Å². The van der Waals surface area contributed by atoms with Gasteiger partial charge < -0.3 is 4.90 Å². The summed E-state index contributed by atoms with van der Waals surface area (Å²) in [5.41, 5.74) is 2.46. The van der Waals surface area contributed by atoms with E-state index in [-0.39, 0.29) is 0 Å². The number of nitriles is 1. The van der Waals surface area contributed by atoms with Crippen molar-refractivity contribution in [3.63, 3.8) is 0 Å². The van der Waals surface area contributed by atoms with E-state index in [4.69, 9.17) is 5.26 Å². The molecule has 0 saturated carbocycles. The molecule has 0 radical (unpaired) electrons. The fourth-order valence-corrected chi connectivity index (χ4v) is 1.33. The van der Waals surface area contributed by atoms with Crippen molar-refractivity contribution in [3.8, 4) is 6.07 Å². The third-order valence-corrected chi connectivity index (χ3v) is 2.09. The zero-order chi connectivity index (χ0) is 9.68. The van der Waals surface area contributed by atoms with Crippen LogP contribution in [0.15, 0.2) is 24.3 Å². The van der Waals surface area contributed by atoms with E-state index in [9.17, 15) is 0 Å². The van der Waals surface area contributed by atoms with E-state index in [0.29, 0.717) is 6.42 Å². The van der Waals surface area contributed by atoms with Crippen molar-refractivity contribution >= 4 is 5.69 Å². The Morgan fingerprint density at radius 3 is 2.69 bits per heavy atom. The van der Waals surface area contributed by atoms with Gasteiger partial charge in [0.25, 0.3) is 0 Å². The summed E-state index contributed by atoms with van der Waals surface area (Å²) in [4.78, 5) is 2.11. The van der Waals surface area contributed by atoms with Gasteiger partial charge in [0.15, 0.2) is 0 Å². The first-order valence-electron chi connectivity index (χ1n) is 4.39. The molecule has 2 nitrogen and oxygen atoms in total. The minimum Gasteiger partial charge on any atom is -0.373 e. The summed E-state index contributed by atoms with van der Waals surface area (Å²) in [6, 6.07) is 10.3. The lowest BCUT2D eigenvalue weighted by Gasteiger charge is -2.19. The van der Waals surface area contributed by atoms with E-state index in [0.717, 1.165) is 6.54 Å². The molecule has 2 heteroatoms. The highest BCUT2D eigenvalue weighted by Gasteiger charge is 2.01. The number of benzene rings is 1. The van der Waals surface area contributed by atoms with Crippen LogP contribution in [-0.4, -0.2) is 13.6 Å². The third kappa shape index (κ3) is 2.48. The lowest BCUT2D eigenvalue weighted by Crippen LogP contribution is -2.18. The van der Waals surface area contributed by atoms with Crippen LogP contribution in [0.3, 0.4) is 0 Å². The fraction of sp³-hybridized carbons (Fsp3) is 0.364. The molecule has 13 heavy (non-hydrogen) atoms. The van der Waals surface area contributed by atoms with Gasteiger partial charge in [-0.25, -0.2) is 0 Å². The van der Waals surface area contributed by atoms with Gasteiger partial charge in [0.2, 0.25) is 0 Å². The summed E-state index contributed by atoms with van der Waals surface area (Å²) in [5, 5.41) is 8.45. The van der Waals surface area contributed by atoms with Gasteiger partial charge in [0.1, 0.15) is 0 Å². The van der Waals surface area contributed by atoms with Crippen LogP contribution < -0.4 is 4.90 Å². The molecule has 0 atom stereocenters. The number of rotatable bonds is 3. The molecule has 0 aliphatic carbocycles. The molecule has 1 rings (SSSR count). The molecule has 0 saturated heterocycles. The SMILES string of the molecule is Cc1ccccc1N(C)CCC#N. The molecule has 0 bridgehead atoms. The van der Waals surface area contributed by atoms with Crippen LogP contribution in [0.25, 0.3) is 0 Å². The first-order valence-corrected chi connectivity index (χ1v) is 4.39. The Balaban J connectivity index is 2.72. The van der Waals surface area contributed by atoms with E-state index in [2.05, 4.69) is 30.0 Å². The van der Waals surface area contributed by atoms with Crippen molar-refractivity contribution in [1.29, 1.82) is 5.26 Å². The highest BCUT2D eigenvalue weighted by Crippen LogP contribution is 2.17. The second-order valence-electron chi connectivity index (χ2n) is 3.12. The number of anilines is 1. The van der Waals surface area contributed by atoms with E-state index in [1.165, 1.54) is 11.3 Å². The van der Waals surface area contributed by atoms with Crippen molar-refractivity contribution in [2.45, 2.75) is 13.3 Å². The molecule has 1 aromatic carbocycles. The van der Waals surface area contributed by atoms with Crippen LogP contribution in [0, 0.1) is 18.3 Å². The zero-order valence-corrected chi connectivity index (χ0v) is 8.12. The maximum Gasteiger partial charge on any atom is 0.0640 e. The topological polar surface area (TPSA) is 27.0 Å². The Bertz CT molecular complexity index is 312. The number of hydrogen-bond acceptors (Lipinski definition) is 2. The molecule has 0 unspecified atom stereocenters. The van der Waals surface area contributed by atoms with Crippen LogP contribution >= 0.6 is 0 Å². The lowest BCUT2D eigenvalue weighted by atomic mass is 10.2. The summed E-state index contributed by atoms with van der Waals surface area (Å²) in [6.07, 6.45) is 0.574. The minimum absolute atomic E-state index is 0.574. The molecule has 0 aliphatic rings. The van der Waals surface area contributed by atoms with Crippen molar-refractivity contribution in [2.75, 3.05) is 18.5 Å². The third-order valence-electron chi connectivity index (χ3n) is 2.09. The van der Waals surface area contributed by atoms with Crippen LogP contribution in [0.5, 0.6) is 0 Å². The molecular formula is C11H14N2. The van der Waals surface area contributed by atoms with Crippen LogP contribution in [0.1, 0.15) is 12.0 Å². The summed E-state index contributed by atoms with van der Waals surface area (Å²) in [5.74, 6) is 0. The van der Waals surface area contributed by atoms with Gasteiger partial charge in [-0.2, -0.15) is 5.26 Å². The maximum absolute atomic E-state index is 8.45. The highest BCUT2D eigenvalue weighted by molar-refractivity contribution is 5.52. The predicted molar refractivity (Wildman–Crippen MR) is 54.7 cm³/mol. The van der Waals surface area contributed by atoms with E-state index in [1.807, 2.05) is 19.2 Å². The first-order chi connectivity index (χ1) is 6.25. The normalized spacial score (nSPS) is 9.31. The Hall–Kier alpha value is -1.49. The summed E-state index contributed by atoms with van der Waals surface area (Å²) in [7, 11) is 2.01. The van der Waals surface area contributed by atoms with Crippen molar-refractivity contribution in [3.05, 3.63) is 29.8 Å². The number of para-hydroxylation sites is 1. The number of nitrogens with zero attached hydrogens (tertiary/aromatic N) is 2. The van der Waals surface area contributed by atoms with E-state index < -0.39 is 0 Å². The van der Waals surface area contributed by atoms with Gasteiger partial charge in [-0.3, -0.25) is 0 Å². The molecule has 1 aromatic rings.